The monoisotopic (exact) mass is 929 g/mol. The van der Waals surface area contributed by atoms with E-state index in [4.69, 9.17) is 0 Å². The summed E-state index contributed by atoms with van der Waals surface area (Å²) in [7, 11) is 0. The summed E-state index contributed by atoms with van der Waals surface area (Å²) >= 11 is 0. The van der Waals surface area contributed by atoms with E-state index in [1.165, 1.54) is 45.8 Å². The predicted molar refractivity (Wildman–Crippen MR) is 224 cm³/mol. The molecule has 13 nitrogen and oxygen atoms in total. The van der Waals surface area contributed by atoms with Crippen LogP contribution in [0.5, 0.6) is 11.8 Å². The van der Waals surface area contributed by atoms with Crippen LogP contribution in [0.4, 0.5) is 67.5 Å². The molecule has 0 aliphatic carbocycles. The molecule has 0 saturated heterocycles. The average molecular weight is 930 g/mol. The lowest BCUT2D eigenvalue weighted by atomic mass is 9.96. The second kappa shape index (κ2) is 17.7. The smallest absolute Gasteiger partial charge is 0.419 e. The van der Waals surface area contributed by atoms with Gasteiger partial charge in [-0.05, 0) is 97.7 Å². The van der Waals surface area contributed by atoms with E-state index in [0.717, 1.165) is 21.9 Å². The number of urea groups is 2. The summed E-state index contributed by atoms with van der Waals surface area (Å²) in [6.07, 6.45) is -6.61. The number of halogens is 8. The summed E-state index contributed by atoms with van der Waals surface area (Å²) in [6, 6.07) is 16.7. The Morgan fingerprint density at radius 3 is 1.31 bits per heavy atom. The Kier molecular flexibility index (Phi) is 12.1. The Hall–Kier alpha value is -8.04. The Bertz CT molecular complexity index is 2770. The van der Waals surface area contributed by atoms with Gasteiger partial charge in [-0.25, -0.2) is 18.4 Å². The number of nitrogens with zero attached hydrogens (tertiary/aromatic N) is 6. The molecule has 2 atom stereocenters. The van der Waals surface area contributed by atoms with Gasteiger partial charge in [0.05, 0.1) is 80.4 Å². The highest BCUT2D eigenvalue weighted by molar-refractivity contribution is 6.04. The SMILES string of the molecule is N#Cc1ccc(C2NC(=O)N(c3ccc(F)c(C(F)(F)F)c3)c3cn(CCCNCCCn4cc5c(c4O)C(c4ccc(C#N)cc4)NC(=O)N5c4ccc(F)c(C(F)(F)F)c4)c(O)c32)cc1. The quantitative estimate of drug-likeness (QED) is 0.0600. The van der Waals surface area contributed by atoms with E-state index in [9.17, 15) is 65.4 Å². The fourth-order valence-corrected chi connectivity index (χ4v) is 8.21. The van der Waals surface area contributed by atoms with Crippen molar-refractivity contribution < 1.29 is 54.9 Å². The molecule has 8 rings (SSSR count). The first kappa shape index (κ1) is 45.5. The van der Waals surface area contributed by atoms with Gasteiger partial charge in [0.1, 0.15) is 11.6 Å². The van der Waals surface area contributed by atoms with Crippen LogP contribution in [-0.4, -0.2) is 44.5 Å². The Morgan fingerprint density at radius 2 is 0.970 bits per heavy atom. The number of alkyl halides is 6. The van der Waals surface area contributed by atoms with E-state index >= 15 is 0 Å². The number of rotatable bonds is 12. The van der Waals surface area contributed by atoms with Crippen molar-refractivity contribution in [3.8, 4) is 23.9 Å². The third-order valence-corrected chi connectivity index (χ3v) is 11.4. The van der Waals surface area contributed by atoms with Crippen molar-refractivity contribution >= 4 is 34.8 Å². The Balaban J connectivity index is 0.990. The van der Waals surface area contributed by atoms with Crippen molar-refractivity contribution in [3.63, 3.8) is 0 Å². The van der Waals surface area contributed by atoms with E-state index < -0.39 is 59.3 Å². The molecule has 2 aromatic heterocycles. The molecule has 344 valence electrons. The molecule has 0 radical (unpaired) electrons. The first-order chi connectivity index (χ1) is 31.9. The minimum atomic E-state index is -5.07. The number of aryl methyl sites for hydroxylation is 2. The van der Waals surface area contributed by atoms with Crippen molar-refractivity contribution in [2.45, 2.75) is 50.4 Å². The minimum absolute atomic E-state index is 0.0367. The van der Waals surface area contributed by atoms with Gasteiger partial charge in [0.25, 0.3) is 0 Å². The van der Waals surface area contributed by atoms with Crippen molar-refractivity contribution in [1.82, 2.24) is 25.1 Å². The summed E-state index contributed by atoms with van der Waals surface area (Å²) < 4.78 is 114. The highest BCUT2D eigenvalue weighted by Gasteiger charge is 2.42. The molecule has 0 saturated carbocycles. The van der Waals surface area contributed by atoms with Crippen LogP contribution in [0.25, 0.3) is 0 Å². The van der Waals surface area contributed by atoms with Crippen LogP contribution in [0.2, 0.25) is 0 Å². The van der Waals surface area contributed by atoms with E-state index in [1.54, 1.807) is 24.3 Å². The molecule has 5 N–H and O–H groups in total. The summed E-state index contributed by atoms with van der Waals surface area (Å²) in [5.74, 6) is -3.70. The molecule has 2 unspecified atom stereocenters. The standard InChI is InChI=1S/C46H35F8N9O4/c47-33-13-11-29(19-31(33)45(49,50)51)62-35-23-60(41(64)37(35)39(58-43(62)66)27-7-3-25(21-55)4-8-27)17-1-15-57-16-2-18-61-24-36-38(42(61)65)40(28-9-5-26(22-56)6-10-28)59-44(67)63(36)30-12-14-34(48)32(20-30)46(52,53)54/h3-14,19-20,23-24,39-40,57,64-65H,1-2,15-18H2,(H,58,66)(H,59,67). The minimum Gasteiger partial charge on any atom is -0.494 e. The zero-order valence-corrected chi connectivity index (χ0v) is 34.6. The van der Waals surface area contributed by atoms with Gasteiger partial charge < -0.3 is 35.3 Å². The van der Waals surface area contributed by atoms with Crippen LogP contribution in [0.15, 0.2) is 97.3 Å². The maximum atomic E-state index is 14.3. The third kappa shape index (κ3) is 8.76. The Morgan fingerprint density at radius 1 is 0.597 bits per heavy atom. The lowest BCUT2D eigenvalue weighted by molar-refractivity contribution is -0.140. The molecule has 2 aliphatic rings. The molecule has 0 spiro atoms. The van der Waals surface area contributed by atoms with E-state index in [0.29, 0.717) is 72.5 Å². The molecule has 21 heteroatoms. The highest BCUT2D eigenvalue weighted by Crippen LogP contribution is 2.48. The second-order valence-electron chi connectivity index (χ2n) is 15.6. The van der Waals surface area contributed by atoms with Crippen LogP contribution in [0.3, 0.4) is 0 Å². The molecule has 0 bridgehead atoms. The predicted octanol–water partition coefficient (Wildman–Crippen LogP) is 9.73. The lowest BCUT2D eigenvalue weighted by Gasteiger charge is -2.33. The van der Waals surface area contributed by atoms with Gasteiger partial charge in [0, 0.05) is 25.5 Å². The van der Waals surface area contributed by atoms with Crippen LogP contribution in [0.1, 0.15) is 69.4 Å². The van der Waals surface area contributed by atoms with Gasteiger partial charge in [-0.15, -0.1) is 0 Å². The number of hydrogen-bond donors (Lipinski definition) is 5. The first-order valence-corrected chi connectivity index (χ1v) is 20.4. The van der Waals surface area contributed by atoms with Gasteiger partial charge in [-0.2, -0.15) is 36.9 Å². The topological polar surface area (TPSA) is 175 Å². The summed E-state index contributed by atoms with van der Waals surface area (Å²) in [5.41, 5.74) is -1.91. The lowest BCUT2D eigenvalue weighted by Crippen LogP contribution is -2.44. The van der Waals surface area contributed by atoms with Gasteiger partial charge >= 0.3 is 24.4 Å². The maximum Gasteiger partial charge on any atom is 0.419 e. The van der Waals surface area contributed by atoms with E-state index in [-0.39, 0.29) is 58.7 Å². The molecule has 6 aromatic rings. The Labute approximate surface area is 375 Å². The van der Waals surface area contributed by atoms with Gasteiger partial charge in [-0.3, -0.25) is 9.80 Å². The number of nitriles is 2. The first-order valence-electron chi connectivity index (χ1n) is 20.4. The van der Waals surface area contributed by atoms with Crippen LogP contribution < -0.4 is 25.8 Å². The molecule has 2 aliphatic heterocycles. The summed E-state index contributed by atoms with van der Waals surface area (Å²) in [5, 5.41) is 50.3. The van der Waals surface area contributed by atoms with E-state index in [2.05, 4.69) is 16.0 Å². The number of aromatic nitrogens is 2. The molecule has 4 aromatic carbocycles. The number of aromatic hydroxyl groups is 2. The fourth-order valence-electron chi connectivity index (χ4n) is 8.21. The van der Waals surface area contributed by atoms with Gasteiger partial charge in [-0.1, -0.05) is 24.3 Å². The number of carbonyl (C=O) groups excluding carboxylic acids is 2. The molecule has 0 fully saturated rings. The van der Waals surface area contributed by atoms with Gasteiger partial charge in [0.2, 0.25) is 0 Å². The van der Waals surface area contributed by atoms with Crippen LogP contribution >= 0.6 is 0 Å². The zero-order chi connectivity index (χ0) is 47.9. The molecular formula is C46H35F8N9O4. The highest BCUT2D eigenvalue weighted by atomic mass is 19.4. The number of benzene rings is 4. The van der Waals surface area contributed by atoms with E-state index in [1.807, 2.05) is 12.1 Å². The summed E-state index contributed by atoms with van der Waals surface area (Å²) in [6.45, 7) is 0.984. The van der Waals surface area contributed by atoms with Crippen molar-refractivity contribution in [3.05, 3.63) is 153 Å². The molecule has 67 heavy (non-hydrogen) atoms. The van der Waals surface area contributed by atoms with Crippen molar-refractivity contribution in [2.24, 2.45) is 0 Å². The average Bonchev–Trinajstić information content (AvgIpc) is 3.80. The van der Waals surface area contributed by atoms with Gasteiger partial charge in [0.15, 0.2) is 11.8 Å². The number of fused-ring (bicyclic) bond motifs is 2. The van der Waals surface area contributed by atoms with Crippen LogP contribution in [0, 0.1) is 34.3 Å². The largest absolute Gasteiger partial charge is 0.494 e. The van der Waals surface area contributed by atoms with Crippen molar-refractivity contribution in [1.29, 1.82) is 10.5 Å². The number of anilines is 4. The molecular weight excluding hydrogens is 895 g/mol. The molecule has 4 heterocycles. The second-order valence-corrected chi connectivity index (χ2v) is 15.6. The van der Waals surface area contributed by atoms with Crippen molar-refractivity contribution in [2.75, 3.05) is 22.9 Å². The fraction of sp³-hybridized carbons (Fsp3) is 0.217. The number of hydrogen-bond acceptors (Lipinski definition) is 7. The number of amides is 4. The third-order valence-electron chi connectivity index (χ3n) is 11.4. The zero-order valence-electron chi connectivity index (χ0n) is 34.6. The maximum absolute atomic E-state index is 14.3. The summed E-state index contributed by atoms with van der Waals surface area (Å²) in [4.78, 5) is 29.0. The molecule has 4 amide bonds. The normalized spacial score (nSPS) is 15.9. The number of nitrogens with one attached hydrogen (secondary N) is 3. The van der Waals surface area contributed by atoms with Crippen LogP contribution in [-0.2, 0) is 25.4 Å². The number of carbonyl (C=O) groups is 2.